The molecule has 0 aliphatic rings. The van der Waals surface area contributed by atoms with Crippen molar-refractivity contribution in [3.8, 4) is 6.07 Å². The lowest BCUT2D eigenvalue weighted by molar-refractivity contribution is 0.0767. The quantitative estimate of drug-likeness (QED) is 0.796. The summed E-state index contributed by atoms with van der Waals surface area (Å²) in [6.07, 6.45) is 1.88. The van der Waals surface area contributed by atoms with Gasteiger partial charge in [-0.3, -0.25) is 4.79 Å². The summed E-state index contributed by atoms with van der Waals surface area (Å²) in [6.45, 7) is 2.94. The summed E-state index contributed by atoms with van der Waals surface area (Å²) in [5.74, 6) is -0.0854. The number of hydrogen-bond donors (Lipinski definition) is 0. The number of rotatable bonds is 4. The van der Waals surface area contributed by atoms with Crippen molar-refractivity contribution in [3.63, 3.8) is 0 Å². The predicted molar refractivity (Wildman–Crippen MR) is 63.7 cm³/mol. The number of pyridine rings is 1. The van der Waals surface area contributed by atoms with Crippen molar-refractivity contribution >= 4 is 21.8 Å². The molecule has 0 N–H and O–H groups in total. The fraction of sp³-hybridized carbons (Fsp3) is 0.364. The van der Waals surface area contributed by atoms with Crippen molar-refractivity contribution in [2.75, 3.05) is 13.1 Å². The first-order valence-corrected chi connectivity index (χ1v) is 5.76. The van der Waals surface area contributed by atoms with Crippen molar-refractivity contribution in [1.82, 2.24) is 9.88 Å². The molecule has 4 nitrogen and oxygen atoms in total. The molecule has 16 heavy (non-hydrogen) atoms. The third-order valence-electron chi connectivity index (χ3n) is 2.14. The molecule has 1 aromatic rings. The summed E-state index contributed by atoms with van der Waals surface area (Å²) >= 11 is 3.21. The molecule has 0 bridgehead atoms. The number of carbonyl (C=O) groups is 1. The maximum absolute atomic E-state index is 12.0. The summed E-state index contributed by atoms with van der Waals surface area (Å²) in [7, 11) is 0. The van der Waals surface area contributed by atoms with Crippen LogP contribution < -0.4 is 0 Å². The Morgan fingerprint density at radius 1 is 1.62 bits per heavy atom. The van der Waals surface area contributed by atoms with Crippen LogP contribution in [0.5, 0.6) is 0 Å². The molecule has 1 aromatic heterocycles. The number of amides is 1. The van der Waals surface area contributed by atoms with Crippen molar-refractivity contribution < 1.29 is 4.79 Å². The van der Waals surface area contributed by atoms with Crippen LogP contribution in [0, 0.1) is 11.3 Å². The van der Waals surface area contributed by atoms with E-state index in [9.17, 15) is 4.79 Å². The zero-order valence-electron chi connectivity index (χ0n) is 8.98. The highest BCUT2D eigenvalue weighted by Crippen LogP contribution is 2.09. The van der Waals surface area contributed by atoms with E-state index in [1.165, 1.54) is 6.20 Å². The van der Waals surface area contributed by atoms with Gasteiger partial charge in [-0.15, -0.1) is 0 Å². The van der Waals surface area contributed by atoms with Crippen LogP contribution in [-0.2, 0) is 0 Å². The van der Waals surface area contributed by atoms with Gasteiger partial charge in [0.2, 0.25) is 0 Å². The maximum atomic E-state index is 12.0. The molecule has 0 radical (unpaired) electrons. The first-order chi connectivity index (χ1) is 7.69. The Balaban J connectivity index is 2.75. The smallest absolute Gasteiger partial charge is 0.255 e. The molecule has 1 rings (SSSR count). The van der Waals surface area contributed by atoms with Crippen LogP contribution in [0.3, 0.4) is 0 Å². The van der Waals surface area contributed by atoms with Gasteiger partial charge in [-0.05, 0) is 35.0 Å². The molecule has 1 heterocycles. The topological polar surface area (TPSA) is 57.0 Å². The Bertz CT molecular complexity index is 397. The van der Waals surface area contributed by atoms with E-state index >= 15 is 0 Å². The van der Waals surface area contributed by atoms with Crippen molar-refractivity contribution in [2.45, 2.75) is 13.3 Å². The van der Waals surface area contributed by atoms with E-state index in [4.69, 9.17) is 5.26 Å². The summed E-state index contributed by atoms with van der Waals surface area (Å²) in [4.78, 5) is 17.6. The van der Waals surface area contributed by atoms with Crippen molar-refractivity contribution in [3.05, 3.63) is 28.5 Å². The third kappa shape index (κ3) is 3.31. The van der Waals surface area contributed by atoms with Crippen LogP contribution in [0.1, 0.15) is 23.7 Å². The molecule has 0 atom stereocenters. The minimum atomic E-state index is -0.0854. The molecule has 5 heteroatoms. The second kappa shape index (κ2) is 6.23. The van der Waals surface area contributed by atoms with Crippen LogP contribution in [0.25, 0.3) is 0 Å². The van der Waals surface area contributed by atoms with Crippen molar-refractivity contribution in [2.24, 2.45) is 0 Å². The van der Waals surface area contributed by atoms with Gasteiger partial charge in [-0.25, -0.2) is 4.98 Å². The molecule has 1 amide bonds. The number of carbonyl (C=O) groups excluding carboxylic acids is 1. The molecule has 0 spiro atoms. The van der Waals surface area contributed by atoms with Crippen LogP contribution in [0.4, 0.5) is 0 Å². The molecule has 0 aromatic carbocycles. The van der Waals surface area contributed by atoms with Crippen LogP contribution in [-0.4, -0.2) is 28.9 Å². The zero-order valence-corrected chi connectivity index (χ0v) is 10.6. The number of aromatic nitrogens is 1. The molecule has 0 saturated carbocycles. The van der Waals surface area contributed by atoms with Gasteiger partial charge in [-0.2, -0.15) is 5.26 Å². The molecule has 0 aliphatic carbocycles. The second-order valence-electron chi connectivity index (χ2n) is 3.16. The number of nitriles is 1. The Hall–Kier alpha value is -1.41. The monoisotopic (exact) mass is 281 g/mol. The fourth-order valence-electron chi connectivity index (χ4n) is 1.27. The normalized spacial score (nSPS) is 9.56. The number of halogens is 1. The summed E-state index contributed by atoms with van der Waals surface area (Å²) in [5.41, 5.74) is 0.544. The van der Waals surface area contributed by atoms with E-state index in [0.717, 1.165) is 0 Å². The summed E-state index contributed by atoms with van der Waals surface area (Å²) in [6, 6.07) is 5.48. The standard InChI is InChI=1S/C11H12BrN3O/c1-2-15(7-3-6-13)11(16)9-4-5-10(12)14-8-9/h4-5,8H,2-3,7H2,1H3. The van der Waals surface area contributed by atoms with Gasteiger partial charge in [0, 0.05) is 19.3 Å². The zero-order chi connectivity index (χ0) is 12.0. The lowest BCUT2D eigenvalue weighted by Gasteiger charge is -2.19. The first kappa shape index (κ1) is 12.7. The Morgan fingerprint density at radius 3 is 2.88 bits per heavy atom. The van der Waals surface area contributed by atoms with Crippen LogP contribution >= 0.6 is 15.9 Å². The predicted octanol–water partition coefficient (Wildman–Crippen LogP) is 2.22. The van der Waals surface area contributed by atoms with Gasteiger partial charge in [0.1, 0.15) is 4.60 Å². The Kier molecular flexibility index (Phi) is 4.93. The summed E-state index contributed by atoms with van der Waals surface area (Å²) in [5, 5.41) is 8.49. The second-order valence-corrected chi connectivity index (χ2v) is 3.98. The maximum Gasteiger partial charge on any atom is 0.255 e. The highest BCUT2D eigenvalue weighted by atomic mass is 79.9. The number of nitrogens with zero attached hydrogens (tertiary/aromatic N) is 3. The Labute approximate surface area is 103 Å². The Morgan fingerprint density at radius 2 is 2.38 bits per heavy atom. The molecule has 0 saturated heterocycles. The number of hydrogen-bond acceptors (Lipinski definition) is 3. The molecule has 84 valence electrons. The molecule has 0 fully saturated rings. The first-order valence-electron chi connectivity index (χ1n) is 4.96. The average molecular weight is 282 g/mol. The summed E-state index contributed by atoms with van der Waals surface area (Å²) < 4.78 is 0.698. The van der Waals surface area contributed by atoms with Crippen molar-refractivity contribution in [1.29, 1.82) is 5.26 Å². The molecule has 0 unspecified atom stereocenters. The lowest BCUT2D eigenvalue weighted by atomic mass is 10.2. The fourth-order valence-corrected chi connectivity index (χ4v) is 1.51. The lowest BCUT2D eigenvalue weighted by Crippen LogP contribution is -2.31. The van der Waals surface area contributed by atoms with E-state index in [1.807, 2.05) is 13.0 Å². The van der Waals surface area contributed by atoms with E-state index in [2.05, 4.69) is 20.9 Å². The minimum Gasteiger partial charge on any atom is -0.338 e. The molecular formula is C11H12BrN3O. The van der Waals surface area contributed by atoms with Gasteiger partial charge >= 0.3 is 0 Å². The van der Waals surface area contributed by atoms with Gasteiger partial charge in [0.15, 0.2) is 0 Å². The van der Waals surface area contributed by atoms with E-state index < -0.39 is 0 Å². The third-order valence-corrected chi connectivity index (χ3v) is 2.61. The van der Waals surface area contributed by atoms with Crippen LogP contribution in [0.2, 0.25) is 0 Å². The van der Waals surface area contributed by atoms with E-state index in [-0.39, 0.29) is 5.91 Å². The highest BCUT2D eigenvalue weighted by Gasteiger charge is 2.13. The highest BCUT2D eigenvalue weighted by molar-refractivity contribution is 9.10. The average Bonchev–Trinajstić information content (AvgIpc) is 2.30. The van der Waals surface area contributed by atoms with Crippen LogP contribution in [0.15, 0.2) is 22.9 Å². The van der Waals surface area contributed by atoms with Gasteiger partial charge < -0.3 is 4.90 Å². The SMILES string of the molecule is CCN(CCC#N)C(=O)c1ccc(Br)nc1. The van der Waals surface area contributed by atoms with E-state index in [1.54, 1.807) is 17.0 Å². The minimum absolute atomic E-state index is 0.0854. The largest absolute Gasteiger partial charge is 0.338 e. The molecular weight excluding hydrogens is 270 g/mol. The van der Waals surface area contributed by atoms with Gasteiger partial charge in [-0.1, -0.05) is 0 Å². The molecule has 0 aliphatic heterocycles. The van der Waals surface area contributed by atoms with Gasteiger partial charge in [0.05, 0.1) is 18.1 Å². The van der Waals surface area contributed by atoms with Gasteiger partial charge in [0.25, 0.3) is 5.91 Å². The van der Waals surface area contributed by atoms with E-state index in [0.29, 0.717) is 29.7 Å².